The largest absolute Gasteiger partial charge is 0.268 e. The molecule has 0 bridgehead atoms. The third-order valence-corrected chi connectivity index (χ3v) is 4.04. The molecule has 3 rings (SSSR count). The van der Waals surface area contributed by atoms with Crippen LogP contribution in [0.2, 0.25) is 0 Å². The van der Waals surface area contributed by atoms with E-state index in [1.54, 1.807) is 16.7 Å². The van der Waals surface area contributed by atoms with Crippen LogP contribution in [0.1, 0.15) is 26.3 Å². The molecule has 0 atom stereocenters. The molecule has 3 nitrogen and oxygen atoms in total. The zero-order chi connectivity index (χ0) is 16.6. The smallest absolute Gasteiger partial charge is 0.200 e. The molecule has 3 aromatic rings. The number of H-pyrrole nitrogens is 1. The van der Waals surface area contributed by atoms with Gasteiger partial charge in [-0.05, 0) is 47.5 Å². The maximum atomic E-state index is 13.1. The lowest BCUT2D eigenvalue weighted by Gasteiger charge is -2.19. The van der Waals surface area contributed by atoms with Crippen LogP contribution in [0.25, 0.3) is 17.1 Å². The van der Waals surface area contributed by atoms with Crippen molar-refractivity contribution in [3.63, 3.8) is 0 Å². The summed E-state index contributed by atoms with van der Waals surface area (Å²) in [7, 11) is 0. The monoisotopic (exact) mass is 327 g/mol. The number of halogens is 1. The van der Waals surface area contributed by atoms with Gasteiger partial charge in [0.15, 0.2) is 10.6 Å². The highest BCUT2D eigenvalue weighted by atomic mass is 32.1. The van der Waals surface area contributed by atoms with E-state index in [0.717, 1.165) is 11.3 Å². The third-order valence-electron chi connectivity index (χ3n) is 3.77. The van der Waals surface area contributed by atoms with Crippen LogP contribution in [0, 0.1) is 10.6 Å². The SMILES string of the molecule is CC(C)(C)c1ccc(-c2n[nH]c(=S)n2-c2ccc(F)cc2)cc1. The van der Waals surface area contributed by atoms with Gasteiger partial charge in [0.2, 0.25) is 0 Å². The molecule has 118 valence electrons. The lowest BCUT2D eigenvalue weighted by Crippen LogP contribution is -2.10. The highest BCUT2D eigenvalue weighted by Crippen LogP contribution is 2.26. The van der Waals surface area contributed by atoms with E-state index >= 15 is 0 Å². The first-order valence-electron chi connectivity index (χ1n) is 7.40. The molecule has 0 saturated carbocycles. The lowest BCUT2D eigenvalue weighted by atomic mass is 9.87. The van der Waals surface area contributed by atoms with Crippen molar-refractivity contribution in [1.29, 1.82) is 0 Å². The molecule has 23 heavy (non-hydrogen) atoms. The maximum absolute atomic E-state index is 13.1. The molecule has 0 aliphatic carbocycles. The second-order valence-electron chi connectivity index (χ2n) is 6.49. The summed E-state index contributed by atoms with van der Waals surface area (Å²) in [5.41, 5.74) is 3.08. The molecule has 2 aromatic carbocycles. The minimum atomic E-state index is -0.278. The Hall–Kier alpha value is -2.27. The van der Waals surface area contributed by atoms with E-state index in [2.05, 4.69) is 43.1 Å². The number of hydrogen-bond donors (Lipinski definition) is 1. The quantitative estimate of drug-likeness (QED) is 0.670. The van der Waals surface area contributed by atoms with Crippen LogP contribution in [0.4, 0.5) is 4.39 Å². The van der Waals surface area contributed by atoms with Gasteiger partial charge in [-0.15, -0.1) is 0 Å². The summed E-state index contributed by atoms with van der Waals surface area (Å²) >= 11 is 5.32. The van der Waals surface area contributed by atoms with Crippen molar-refractivity contribution in [3.8, 4) is 17.1 Å². The van der Waals surface area contributed by atoms with Crippen LogP contribution >= 0.6 is 12.2 Å². The van der Waals surface area contributed by atoms with Gasteiger partial charge in [0.1, 0.15) is 5.82 Å². The predicted octanol–water partition coefficient (Wildman–Crippen LogP) is 5.03. The fourth-order valence-corrected chi connectivity index (χ4v) is 2.68. The van der Waals surface area contributed by atoms with Crippen LogP contribution in [0.3, 0.4) is 0 Å². The Morgan fingerprint density at radius 1 is 1.00 bits per heavy atom. The molecule has 0 radical (unpaired) electrons. The van der Waals surface area contributed by atoms with Crippen molar-refractivity contribution >= 4 is 12.2 Å². The second-order valence-corrected chi connectivity index (χ2v) is 6.88. The fourth-order valence-electron chi connectivity index (χ4n) is 2.44. The summed E-state index contributed by atoms with van der Waals surface area (Å²) in [6.45, 7) is 6.53. The van der Waals surface area contributed by atoms with Crippen LogP contribution in [-0.4, -0.2) is 14.8 Å². The van der Waals surface area contributed by atoms with Crippen molar-refractivity contribution in [3.05, 3.63) is 64.7 Å². The van der Waals surface area contributed by atoms with Crippen LogP contribution in [0.5, 0.6) is 0 Å². The van der Waals surface area contributed by atoms with E-state index in [9.17, 15) is 4.39 Å². The van der Waals surface area contributed by atoms with Gasteiger partial charge in [-0.3, -0.25) is 9.67 Å². The van der Waals surface area contributed by atoms with Crippen LogP contribution < -0.4 is 0 Å². The van der Waals surface area contributed by atoms with Gasteiger partial charge in [-0.1, -0.05) is 45.0 Å². The Balaban J connectivity index is 2.08. The normalized spacial score (nSPS) is 11.7. The number of aromatic nitrogens is 3. The summed E-state index contributed by atoms with van der Waals surface area (Å²) in [5.74, 6) is 0.432. The van der Waals surface area contributed by atoms with E-state index in [1.165, 1.54) is 17.7 Å². The standard InChI is InChI=1S/C18H18FN3S/c1-18(2,3)13-6-4-12(5-7-13)16-20-21-17(23)22(16)15-10-8-14(19)9-11-15/h4-11H,1-3H3,(H,21,23). The van der Waals surface area contributed by atoms with Crippen molar-refractivity contribution in [1.82, 2.24) is 14.8 Å². The fraction of sp³-hybridized carbons (Fsp3) is 0.222. The van der Waals surface area contributed by atoms with E-state index in [-0.39, 0.29) is 11.2 Å². The average molecular weight is 327 g/mol. The molecule has 0 unspecified atom stereocenters. The molecular weight excluding hydrogens is 309 g/mol. The predicted molar refractivity (Wildman–Crippen MR) is 92.8 cm³/mol. The molecule has 0 saturated heterocycles. The minimum absolute atomic E-state index is 0.0974. The van der Waals surface area contributed by atoms with Gasteiger partial charge in [0.25, 0.3) is 0 Å². The number of nitrogens with zero attached hydrogens (tertiary/aromatic N) is 2. The first kappa shape index (κ1) is 15.6. The molecule has 1 N–H and O–H groups in total. The molecule has 0 aliphatic rings. The van der Waals surface area contributed by atoms with Gasteiger partial charge in [-0.25, -0.2) is 4.39 Å². The molecular formula is C18H18FN3S. The van der Waals surface area contributed by atoms with E-state index in [0.29, 0.717) is 10.6 Å². The summed E-state index contributed by atoms with van der Waals surface area (Å²) in [6, 6.07) is 14.5. The first-order valence-corrected chi connectivity index (χ1v) is 7.81. The van der Waals surface area contributed by atoms with Crippen molar-refractivity contribution in [2.24, 2.45) is 0 Å². The van der Waals surface area contributed by atoms with Gasteiger partial charge in [0.05, 0.1) is 5.69 Å². The number of benzene rings is 2. The Morgan fingerprint density at radius 3 is 2.17 bits per heavy atom. The summed E-state index contributed by atoms with van der Waals surface area (Å²) in [5, 5.41) is 7.14. The Kier molecular flexibility index (Phi) is 3.90. The minimum Gasteiger partial charge on any atom is -0.268 e. The average Bonchev–Trinajstić information content (AvgIpc) is 2.89. The molecule has 0 amide bonds. The first-order chi connectivity index (χ1) is 10.9. The van der Waals surface area contributed by atoms with Gasteiger partial charge in [0, 0.05) is 5.56 Å². The molecule has 1 aromatic heterocycles. The van der Waals surface area contributed by atoms with Crippen molar-refractivity contribution < 1.29 is 4.39 Å². The van der Waals surface area contributed by atoms with Crippen molar-refractivity contribution in [2.75, 3.05) is 0 Å². The Morgan fingerprint density at radius 2 is 1.61 bits per heavy atom. The number of aromatic amines is 1. The third kappa shape index (κ3) is 3.10. The van der Waals surface area contributed by atoms with E-state index in [1.807, 2.05) is 12.1 Å². The summed E-state index contributed by atoms with van der Waals surface area (Å²) < 4.78 is 15.4. The van der Waals surface area contributed by atoms with Gasteiger partial charge < -0.3 is 0 Å². The number of rotatable bonds is 2. The highest BCUT2D eigenvalue weighted by molar-refractivity contribution is 7.71. The maximum Gasteiger partial charge on any atom is 0.200 e. The zero-order valence-electron chi connectivity index (χ0n) is 13.3. The molecule has 0 aliphatic heterocycles. The number of hydrogen-bond acceptors (Lipinski definition) is 2. The van der Waals surface area contributed by atoms with E-state index in [4.69, 9.17) is 12.2 Å². The van der Waals surface area contributed by atoms with E-state index < -0.39 is 0 Å². The van der Waals surface area contributed by atoms with Crippen molar-refractivity contribution in [2.45, 2.75) is 26.2 Å². The van der Waals surface area contributed by atoms with Gasteiger partial charge >= 0.3 is 0 Å². The van der Waals surface area contributed by atoms with Crippen LogP contribution in [-0.2, 0) is 5.41 Å². The molecule has 0 fully saturated rings. The summed E-state index contributed by atoms with van der Waals surface area (Å²) in [6.07, 6.45) is 0. The molecule has 1 heterocycles. The highest BCUT2D eigenvalue weighted by Gasteiger charge is 2.15. The van der Waals surface area contributed by atoms with Gasteiger partial charge in [-0.2, -0.15) is 5.10 Å². The number of nitrogens with one attached hydrogen (secondary N) is 1. The Bertz CT molecular complexity index is 868. The van der Waals surface area contributed by atoms with Crippen LogP contribution in [0.15, 0.2) is 48.5 Å². The molecule has 0 spiro atoms. The topological polar surface area (TPSA) is 33.6 Å². The Labute approximate surface area is 139 Å². The molecule has 5 heteroatoms. The lowest BCUT2D eigenvalue weighted by molar-refractivity contribution is 0.590. The summed E-state index contributed by atoms with van der Waals surface area (Å²) in [4.78, 5) is 0. The zero-order valence-corrected chi connectivity index (χ0v) is 14.1. The second kappa shape index (κ2) is 5.74.